The molecule has 0 aliphatic heterocycles. The quantitative estimate of drug-likeness (QED) is 0.0222. The fraction of sp³-hybridized carbons (Fsp3) is 0.953. The summed E-state index contributed by atoms with van der Waals surface area (Å²) in [6.45, 7) is 9.63. The topological polar surface area (TPSA) is 237 Å². The van der Waals surface area contributed by atoms with Crippen molar-refractivity contribution in [2.75, 3.05) is 39.6 Å². The van der Waals surface area contributed by atoms with Gasteiger partial charge in [-0.05, 0) is 37.5 Å². The second kappa shape index (κ2) is 77.4. The first-order valence-electron chi connectivity index (χ1n) is 44.5. The van der Waals surface area contributed by atoms with E-state index in [4.69, 9.17) is 37.0 Å². The number of hydrogen-bond acceptors (Lipinski definition) is 15. The maximum Gasteiger partial charge on any atom is 0.472 e. The number of phosphoric ester groups is 2. The lowest BCUT2D eigenvalue weighted by molar-refractivity contribution is -0.161. The number of aliphatic hydroxyl groups is 1. The van der Waals surface area contributed by atoms with Gasteiger partial charge in [0.2, 0.25) is 0 Å². The molecule has 0 aliphatic carbocycles. The van der Waals surface area contributed by atoms with Crippen LogP contribution in [0.4, 0.5) is 0 Å². The van der Waals surface area contributed by atoms with E-state index in [0.717, 1.165) is 108 Å². The molecule has 0 bridgehead atoms. The average molecular weight is 1540 g/mol. The molecule has 0 amide bonds. The Bertz CT molecular complexity index is 2010. The lowest BCUT2D eigenvalue weighted by atomic mass is 10.00. The Morgan fingerprint density at radius 1 is 0.276 bits per heavy atom. The molecule has 0 radical (unpaired) electrons. The van der Waals surface area contributed by atoms with Gasteiger partial charge in [-0.1, -0.05) is 408 Å². The van der Waals surface area contributed by atoms with Gasteiger partial charge in [-0.15, -0.1) is 0 Å². The number of hydrogen-bond donors (Lipinski definition) is 3. The molecule has 6 atom stereocenters. The van der Waals surface area contributed by atoms with E-state index in [9.17, 15) is 43.2 Å². The highest BCUT2D eigenvalue weighted by Gasteiger charge is 2.30. The zero-order chi connectivity index (χ0) is 77.1. The van der Waals surface area contributed by atoms with Gasteiger partial charge in [0.15, 0.2) is 12.2 Å². The molecular formula is C86H168O17P2. The first-order valence-corrected chi connectivity index (χ1v) is 47.5. The van der Waals surface area contributed by atoms with Crippen LogP contribution >= 0.6 is 15.6 Å². The van der Waals surface area contributed by atoms with Crippen LogP contribution in [0.2, 0.25) is 0 Å². The third kappa shape index (κ3) is 78.5. The second-order valence-electron chi connectivity index (χ2n) is 31.6. The Kier molecular flexibility index (Phi) is 76.0. The van der Waals surface area contributed by atoms with Crippen LogP contribution in [0.25, 0.3) is 0 Å². The van der Waals surface area contributed by atoms with Crippen LogP contribution in [-0.4, -0.2) is 96.7 Å². The van der Waals surface area contributed by atoms with Crippen molar-refractivity contribution in [2.45, 2.75) is 477 Å². The Hall–Kier alpha value is -1.94. The monoisotopic (exact) mass is 1540 g/mol. The zero-order valence-corrected chi connectivity index (χ0v) is 70.8. The van der Waals surface area contributed by atoms with Gasteiger partial charge in [0, 0.05) is 25.7 Å². The zero-order valence-electron chi connectivity index (χ0n) is 69.0. The van der Waals surface area contributed by atoms with Crippen molar-refractivity contribution < 1.29 is 80.2 Å². The van der Waals surface area contributed by atoms with E-state index < -0.39 is 97.5 Å². The molecular weight excluding hydrogens is 1370 g/mol. The van der Waals surface area contributed by atoms with Crippen molar-refractivity contribution in [3.05, 3.63) is 0 Å². The minimum absolute atomic E-state index is 0.106. The summed E-state index contributed by atoms with van der Waals surface area (Å²) in [6.07, 6.45) is 69.6. The Morgan fingerprint density at radius 2 is 0.486 bits per heavy atom. The smallest absolute Gasteiger partial charge is 0.462 e. The molecule has 0 heterocycles. The summed E-state index contributed by atoms with van der Waals surface area (Å²) in [5.74, 6) is -0.597. The summed E-state index contributed by atoms with van der Waals surface area (Å²) < 4.78 is 68.9. The summed E-state index contributed by atoms with van der Waals surface area (Å²) in [4.78, 5) is 73.2. The summed E-state index contributed by atoms with van der Waals surface area (Å²) in [7, 11) is -9.93. The summed E-state index contributed by atoms with van der Waals surface area (Å²) in [5, 5.41) is 10.7. The highest BCUT2D eigenvalue weighted by molar-refractivity contribution is 7.47. The summed E-state index contributed by atoms with van der Waals surface area (Å²) in [5.41, 5.74) is 0. The van der Waals surface area contributed by atoms with Crippen LogP contribution in [0.3, 0.4) is 0 Å². The molecule has 3 N–H and O–H groups in total. The molecule has 105 heavy (non-hydrogen) atoms. The van der Waals surface area contributed by atoms with Crippen molar-refractivity contribution in [1.82, 2.24) is 0 Å². The third-order valence-electron chi connectivity index (χ3n) is 20.6. The lowest BCUT2D eigenvalue weighted by Crippen LogP contribution is -2.30. The van der Waals surface area contributed by atoms with Crippen molar-refractivity contribution in [3.63, 3.8) is 0 Å². The first-order chi connectivity index (χ1) is 50.9. The van der Waals surface area contributed by atoms with E-state index in [1.54, 1.807) is 0 Å². The van der Waals surface area contributed by atoms with Crippen molar-refractivity contribution in [1.29, 1.82) is 0 Å². The third-order valence-corrected chi connectivity index (χ3v) is 22.5. The van der Waals surface area contributed by atoms with Crippen molar-refractivity contribution in [2.24, 2.45) is 11.8 Å². The number of carbonyl (C=O) groups excluding carboxylic acids is 4. The number of carbonyl (C=O) groups is 4. The van der Waals surface area contributed by atoms with Crippen molar-refractivity contribution in [3.8, 4) is 0 Å². The number of esters is 4. The van der Waals surface area contributed by atoms with E-state index in [-0.39, 0.29) is 25.7 Å². The number of ether oxygens (including phenoxy) is 4. The standard InChI is InChI=1S/C86H168O17P2/c1-7-10-12-14-16-18-20-22-24-26-28-30-32-34-36-41-45-49-56-62-68-83(88)96-74-81(102-85(90)70-64-58-50-46-42-37-35-33-31-29-27-25-23-21-19-17-15-13-11-8-2)76-100-104(92,93)98-72-80(87)73-99-105(94,95)101-77-82(75-97-84(89)69-63-57-53-52-55-61-67-79(6)9-3)103-86(91)71-65-59-51-47-43-39-38-40-44-48-54-60-66-78(4)5/h78-82,87H,7-77H2,1-6H3,(H,92,93)(H,94,95)/t79?,80-,81-,82-/m1/s1. The van der Waals surface area contributed by atoms with Crippen LogP contribution < -0.4 is 0 Å². The second-order valence-corrected chi connectivity index (χ2v) is 34.6. The highest BCUT2D eigenvalue weighted by Crippen LogP contribution is 2.45. The Balaban J connectivity index is 5.23. The molecule has 624 valence electrons. The van der Waals surface area contributed by atoms with E-state index in [1.807, 2.05) is 0 Å². The highest BCUT2D eigenvalue weighted by atomic mass is 31.2. The van der Waals surface area contributed by atoms with Gasteiger partial charge in [0.25, 0.3) is 0 Å². The van der Waals surface area contributed by atoms with Gasteiger partial charge in [-0.2, -0.15) is 0 Å². The number of rotatable bonds is 85. The van der Waals surface area contributed by atoms with Crippen LogP contribution in [0.15, 0.2) is 0 Å². The molecule has 0 fully saturated rings. The fourth-order valence-corrected chi connectivity index (χ4v) is 15.0. The van der Waals surface area contributed by atoms with Gasteiger partial charge >= 0.3 is 39.5 Å². The molecule has 17 nitrogen and oxygen atoms in total. The van der Waals surface area contributed by atoms with Gasteiger partial charge in [0.1, 0.15) is 19.3 Å². The van der Waals surface area contributed by atoms with Gasteiger partial charge in [-0.25, -0.2) is 9.13 Å². The number of unbranched alkanes of at least 4 members (excludes halogenated alkanes) is 54. The molecule has 0 rings (SSSR count). The van der Waals surface area contributed by atoms with E-state index >= 15 is 0 Å². The molecule has 0 saturated heterocycles. The number of phosphoric acid groups is 2. The first kappa shape index (κ1) is 103. The largest absolute Gasteiger partial charge is 0.472 e. The molecule has 0 spiro atoms. The van der Waals surface area contributed by atoms with Gasteiger partial charge < -0.3 is 33.8 Å². The minimum atomic E-state index is -4.97. The summed E-state index contributed by atoms with van der Waals surface area (Å²) in [6, 6.07) is 0. The maximum absolute atomic E-state index is 13.1. The van der Waals surface area contributed by atoms with Crippen LogP contribution in [0.1, 0.15) is 459 Å². The number of aliphatic hydroxyl groups excluding tert-OH is 1. The fourth-order valence-electron chi connectivity index (χ4n) is 13.4. The minimum Gasteiger partial charge on any atom is -0.462 e. The van der Waals surface area contributed by atoms with E-state index in [0.29, 0.717) is 25.7 Å². The Labute approximate surface area is 645 Å². The van der Waals surface area contributed by atoms with Crippen LogP contribution in [0, 0.1) is 11.8 Å². The molecule has 3 unspecified atom stereocenters. The van der Waals surface area contributed by atoms with E-state index in [1.165, 1.54) is 270 Å². The normalized spacial score (nSPS) is 14.1. The van der Waals surface area contributed by atoms with Crippen LogP contribution in [-0.2, 0) is 65.4 Å². The Morgan fingerprint density at radius 3 is 0.724 bits per heavy atom. The molecule has 0 aromatic rings. The predicted octanol–water partition coefficient (Wildman–Crippen LogP) is 26.2. The van der Waals surface area contributed by atoms with Gasteiger partial charge in [0.05, 0.1) is 26.4 Å². The molecule has 0 aliphatic rings. The predicted molar refractivity (Wildman–Crippen MR) is 432 cm³/mol. The molecule has 0 aromatic carbocycles. The maximum atomic E-state index is 13.1. The van der Waals surface area contributed by atoms with E-state index in [2.05, 4.69) is 41.5 Å². The molecule has 0 aromatic heterocycles. The average Bonchev–Trinajstić information content (AvgIpc) is 0.908. The molecule has 19 heteroatoms. The lowest BCUT2D eigenvalue weighted by Gasteiger charge is -2.21. The summed E-state index contributed by atoms with van der Waals surface area (Å²) >= 11 is 0. The van der Waals surface area contributed by atoms with Crippen molar-refractivity contribution >= 4 is 39.5 Å². The molecule has 0 saturated carbocycles. The van der Waals surface area contributed by atoms with Crippen LogP contribution in [0.5, 0.6) is 0 Å². The van der Waals surface area contributed by atoms with Gasteiger partial charge in [-0.3, -0.25) is 37.3 Å². The SMILES string of the molecule is CCCCCCCCCCCCCCCCCCCCCCC(=O)OC[C@H](COP(=O)(O)OC[C@@H](O)COP(=O)(O)OC[C@@H](COC(=O)CCCCCCCCC(C)CC)OC(=O)CCCCCCCCCCCCCCC(C)C)OC(=O)CCCCCCCCCCCCCCCCCCCCCC.